The van der Waals surface area contributed by atoms with E-state index >= 15 is 0 Å². The van der Waals surface area contributed by atoms with Crippen LogP contribution in [0, 0.1) is 11.7 Å². The zero-order valence-corrected chi connectivity index (χ0v) is 17.1. The average molecular weight is 420 g/mol. The van der Waals surface area contributed by atoms with E-state index in [2.05, 4.69) is 10.3 Å². The van der Waals surface area contributed by atoms with E-state index in [1.165, 1.54) is 22.5 Å². The summed E-state index contributed by atoms with van der Waals surface area (Å²) in [6.45, 7) is 1.35. The van der Waals surface area contributed by atoms with Crippen molar-refractivity contribution in [1.82, 2.24) is 14.6 Å². The van der Waals surface area contributed by atoms with Crippen LogP contribution < -0.4 is 5.32 Å². The number of sulfonamides is 1. The molecule has 1 saturated heterocycles. The number of aromatic nitrogens is 1. The molecule has 0 bridgehead atoms. The summed E-state index contributed by atoms with van der Waals surface area (Å²) in [5, 5.41) is 2.91. The number of nitrogens with zero attached hydrogens (tertiary/aromatic N) is 2. The van der Waals surface area contributed by atoms with Gasteiger partial charge in [-0.1, -0.05) is 6.07 Å². The van der Waals surface area contributed by atoms with E-state index in [-0.39, 0.29) is 16.7 Å². The SMILES string of the molecule is O=C(CCC1CCCN(S(=O)(=O)c2cccc(F)c2)C1)NCCc1ccncc1. The zero-order chi connectivity index (χ0) is 20.7. The van der Waals surface area contributed by atoms with Crippen LogP contribution in [0.15, 0.2) is 53.7 Å². The van der Waals surface area contributed by atoms with E-state index < -0.39 is 15.8 Å². The number of carbonyl (C=O) groups excluding carboxylic acids is 1. The number of pyridine rings is 1. The third kappa shape index (κ3) is 6.08. The molecule has 0 saturated carbocycles. The maximum Gasteiger partial charge on any atom is 0.243 e. The highest BCUT2D eigenvalue weighted by Crippen LogP contribution is 2.26. The molecule has 1 aromatic heterocycles. The van der Waals surface area contributed by atoms with Gasteiger partial charge in [0.2, 0.25) is 15.9 Å². The molecule has 0 radical (unpaired) electrons. The minimum absolute atomic E-state index is 0.0213. The van der Waals surface area contributed by atoms with Gasteiger partial charge >= 0.3 is 0 Å². The molecular formula is C21H26FN3O3S. The number of nitrogens with one attached hydrogen (secondary N) is 1. The van der Waals surface area contributed by atoms with E-state index in [1.807, 2.05) is 12.1 Å². The molecule has 8 heteroatoms. The summed E-state index contributed by atoms with van der Waals surface area (Å²) in [7, 11) is -3.71. The highest BCUT2D eigenvalue weighted by Gasteiger charge is 2.30. The number of rotatable bonds is 8. The van der Waals surface area contributed by atoms with E-state index in [9.17, 15) is 17.6 Å². The third-order valence-corrected chi connectivity index (χ3v) is 7.04. The quantitative estimate of drug-likeness (QED) is 0.714. The fraction of sp³-hybridized carbons (Fsp3) is 0.429. The van der Waals surface area contributed by atoms with Crippen molar-refractivity contribution < 1.29 is 17.6 Å². The summed E-state index contributed by atoms with van der Waals surface area (Å²) < 4.78 is 40.4. The fourth-order valence-electron chi connectivity index (χ4n) is 3.58. The van der Waals surface area contributed by atoms with Crippen LogP contribution in [0.2, 0.25) is 0 Å². The molecule has 1 unspecified atom stereocenters. The molecule has 3 rings (SSSR count). The van der Waals surface area contributed by atoms with Crippen LogP contribution in [0.1, 0.15) is 31.2 Å². The normalized spacial score (nSPS) is 17.8. The summed E-state index contributed by atoms with van der Waals surface area (Å²) in [4.78, 5) is 16.1. The summed E-state index contributed by atoms with van der Waals surface area (Å²) in [6, 6.07) is 8.93. The topological polar surface area (TPSA) is 79.4 Å². The molecule has 1 fully saturated rings. The molecule has 1 atom stereocenters. The van der Waals surface area contributed by atoms with Gasteiger partial charge in [-0.2, -0.15) is 4.31 Å². The second-order valence-corrected chi connectivity index (χ2v) is 9.26. The number of benzene rings is 1. The molecule has 29 heavy (non-hydrogen) atoms. The van der Waals surface area contributed by atoms with Crippen LogP contribution in [0.25, 0.3) is 0 Å². The Kier molecular flexibility index (Phi) is 7.33. The van der Waals surface area contributed by atoms with Crippen molar-refractivity contribution >= 4 is 15.9 Å². The first-order valence-electron chi connectivity index (χ1n) is 9.86. The van der Waals surface area contributed by atoms with E-state index in [0.29, 0.717) is 32.5 Å². The van der Waals surface area contributed by atoms with Crippen molar-refractivity contribution in [1.29, 1.82) is 0 Å². The summed E-state index contributed by atoms with van der Waals surface area (Å²) in [5.74, 6) is -0.467. The molecule has 1 N–H and O–H groups in total. The van der Waals surface area contributed by atoms with Crippen LogP contribution in [-0.4, -0.2) is 43.2 Å². The number of hydrogen-bond donors (Lipinski definition) is 1. The Labute approximate surface area is 171 Å². The van der Waals surface area contributed by atoms with Gasteiger partial charge in [-0.15, -0.1) is 0 Å². The number of hydrogen-bond acceptors (Lipinski definition) is 4. The van der Waals surface area contributed by atoms with Gasteiger partial charge in [-0.25, -0.2) is 12.8 Å². The van der Waals surface area contributed by atoms with Crippen molar-refractivity contribution in [2.45, 2.75) is 37.0 Å². The molecule has 2 heterocycles. The maximum absolute atomic E-state index is 13.4. The molecule has 0 spiro atoms. The Hall–Kier alpha value is -2.32. The van der Waals surface area contributed by atoms with Gasteiger partial charge < -0.3 is 5.32 Å². The van der Waals surface area contributed by atoms with Crippen molar-refractivity contribution in [3.8, 4) is 0 Å². The van der Waals surface area contributed by atoms with Crippen LogP contribution in [0.5, 0.6) is 0 Å². The molecule has 2 aromatic rings. The molecule has 0 aliphatic carbocycles. The van der Waals surface area contributed by atoms with Gasteiger partial charge in [0.05, 0.1) is 4.90 Å². The highest BCUT2D eigenvalue weighted by atomic mass is 32.2. The first-order valence-corrected chi connectivity index (χ1v) is 11.3. The second kappa shape index (κ2) is 9.93. The largest absolute Gasteiger partial charge is 0.356 e. The lowest BCUT2D eigenvalue weighted by molar-refractivity contribution is -0.121. The van der Waals surface area contributed by atoms with E-state index in [0.717, 1.165) is 30.9 Å². The summed E-state index contributed by atoms with van der Waals surface area (Å²) >= 11 is 0. The smallest absolute Gasteiger partial charge is 0.243 e. The number of carbonyl (C=O) groups is 1. The molecular weight excluding hydrogens is 393 g/mol. The van der Waals surface area contributed by atoms with Gasteiger partial charge in [0.15, 0.2) is 0 Å². The highest BCUT2D eigenvalue weighted by molar-refractivity contribution is 7.89. The Morgan fingerprint density at radius 2 is 2.03 bits per heavy atom. The molecule has 156 valence electrons. The minimum Gasteiger partial charge on any atom is -0.356 e. The van der Waals surface area contributed by atoms with E-state index in [4.69, 9.17) is 0 Å². The minimum atomic E-state index is -3.71. The van der Waals surface area contributed by atoms with Crippen molar-refractivity contribution in [2.24, 2.45) is 5.92 Å². The first-order chi connectivity index (χ1) is 13.9. The van der Waals surface area contributed by atoms with Crippen LogP contribution in [-0.2, 0) is 21.2 Å². The van der Waals surface area contributed by atoms with Gasteiger partial charge in [0.25, 0.3) is 0 Å². The van der Waals surface area contributed by atoms with Crippen LogP contribution >= 0.6 is 0 Å². The fourth-order valence-corrected chi connectivity index (χ4v) is 5.16. The van der Waals surface area contributed by atoms with Gasteiger partial charge in [-0.05, 0) is 67.5 Å². The monoisotopic (exact) mass is 419 g/mol. The maximum atomic E-state index is 13.4. The summed E-state index contributed by atoms with van der Waals surface area (Å²) in [5.41, 5.74) is 1.12. The number of halogens is 1. The Morgan fingerprint density at radius 3 is 2.79 bits per heavy atom. The van der Waals surface area contributed by atoms with Crippen molar-refractivity contribution in [2.75, 3.05) is 19.6 Å². The molecule has 1 amide bonds. The average Bonchev–Trinajstić information content (AvgIpc) is 2.73. The summed E-state index contributed by atoms with van der Waals surface area (Å²) in [6.07, 6.45) is 6.83. The van der Waals surface area contributed by atoms with Gasteiger partial charge in [0, 0.05) is 38.4 Å². The zero-order valence-electron chi connectivity index (χ0n) is 16.3. The molecule has 1 aliphatic heterocycles. The predicted octanol–water partition coefficient (Wildman–Crippen LogP) is 2.76. The number of piperidine rings is 1. The first kappa shape index (κ1) is 21.4. The Balaban J connectivity index is 1.46. The Bertz CT molecular complexity index is 922. The second-order valence-electron chi connectivity index (χ2n) is 7.32. The van der Waals surface area contributed by atoms with Gasteiger partial charge in [-0.3, -0.25) is 9.78 Å². The van der Waals surface area contributed by atoms with E-state index in [1.54, 1.807) is 12.4 Å². The third-order valence-electron chi connectivity index (χ3n) is 5.18. The molecule has 6 nitrogen and oxygen atoms in total. The standard InChI is InChI=1S/C21H26FN3O3S/c22-19-4-1-5-20(15-19)29(27,28)25-14-2-3-18(16-25)6-7-21(26)24-13-10-17-8-11-23-12-9-17/h1,4-5,8-9,11-12,15,18H,2-3,6-7,10,13-14,16H2,(H,24,26). The van der Waals surface area contributed by atoms with Gasteiger partial charge in [0.1, 0.15) is 5.82 Å². The Morgan fingerprint density at radius 1 is 1.24 bits per heavy atom. The molecule has 1 aliphatic rings. The number of amides is 1. The van der Waals surface area contributed by atoms with Crippen LogP contribution in [0.4, 0.5) is 4.39 Å². The van der Waals surface area contributed by atoms with Crippen molar-refractivity contribution in [3.63, 3.8) is 0 Å². The predicted molar refractivity (Wildman–Crippen MR) is 108 cm³/mol. The lowest BCUT2D eigenvalue weighted by Crippen LogP contribution is -2.40. The van der Waals surface area contributed by atoms with Crippen LogP contribution in [0.3, 0.4) is 0 Å². The lowest BCUT2D eigenvalue weighted by Gasteiger charge is -2.32. The lowest BCUT2D eigenvalue weighted by atomic mass is 9.94. The van der Waals surface area contributed by atoms with Crippen molar-refractivity contribution in [3.05, 3.63) is 60.2 Å². The molecule has 1 aromatic carbocycles.